The van der Waals surface area contributed by atoms with Crippen molar-refractivity contribution in [2.45, 2.75) is 51.1 Å². The van der Waals surface area contributed by atoms with Gasteiger partial charge >= 0.3 is 12.2 Å². The fraction of sp³-hybridized carbons (Fsp3) is 0.522. The Hall–Kier alpha value is -3.72. The summed E-state index contributed by atoms with van der Waals surface area (Å²) in [5.74, 6) is -1.04. The third-order valence-corrected chi connectivity index (χ3v) is 6.23. The molecular formula is C23H28F3N7O5. The van der Waals surface area contributed by atoms with E-state index in [4.69, 9.17) is 9.84 Å². The molecule has 1 fully saturated rings. The monoisotopic (exact) mass is 539 g/mol. The van der Waals surface area contributed by atoms with E-state index in [0.29, 0.717) is 36.6 Å². The minimum Gasteiger partial charge on any atom is -0.491 e. The minimum absolute atomic E-state index is 0.120. The van der Waals surface area contributed by atoms with E-state index in [2.05, 4.69) is 20.3 Å². The maximum Gasteiger partial charge on any atom is 0.408 e. The number of ether oxygens (including phenoxy) is 1. The van der Waals surface area contributed by atoms with Gasteiger partial charge in [-0.2, -0.15) is 13.2 Å². The minimum atomic E-state index is -4.64. The first kappa shape index (κ1) is 27.3. The summed E-state index contributed by atoms with van der Waals surface area (Å²) in [7, 11) is 0. The van der Waals surface area contributed by atoms with Gasteiger partial charge in [-0.15, -0.1) is 0 Å². The summed E-state index contributed by atoms with van der Waals surface area (Å²) in [6.45, 7) is 2.96. The molecule has 4 heterocycles. The van der Waals surface area contributed by atoms with E-state index in [0.717, 1.165) is 13.3 Å². The highest BCUT2D eigenvalue weighted by Crippen LogP contribution is 2.40. The molecule has 206 valence electrons. The smallest absolute Gasteiger partial charge is 0.408 e. The lowest BCUT2D eigenvalue weighted by Crippen LogP contribution is -2.56. The van der Waals surface area contributed by atoms with E-state index in [1.807, 2.05) is 10.2 Å². The standard InChI is InChI=1S/C23H28F3N7O5/c1-12-18-20(31-19(28-12)21(36)29-13(2)23(24,25)26)33(14-4-3-7-32(18)9-14)22(37)30-17-8-16(5-6-27-17)38-11-15(35)10-34/h5-6,8,13-15,34-35H,3-4,7,9-11H2,1-2H3,(H,29,36)(H,27,30,37)/t13?,14-,15?/m0/s1. The number of aliphatic hydroxyl groups excluding tert-OH is 2. The second-order valence-electron chi connectivity index (χ2n) is 9.11. The van der Waals surface area contributed by atoms with Gasteiger partial charge in [-0.3, -0.25) is 15.0 Å². The van der Waals surface area contributed by atoms with Crippen molar-refractivity contribution in [1.82, 2.24) is 20.3 Å². The van der Waals surface area contributed by atoms with Crippen LogP contribution in [0.25, 0.3) is 0 Å². The lowest BCUT2D eigenvalue weighted by Gasteiger charge is -2.46. The molecule has 0 aliphatic carbocycles. The molecule has 12 nitrogen and oxygen atoms in total. The summed E-state index contributed by atoms with van der Waals surface area (Å²) in [4.78, 5) is 42.0. The van der Waals surface area contributed by atoms with E-state index >= 15 is 0 Å². The number of urea groups is 1. The van der Waals surface area contributed by atoms with Gasteiger partial charge in [0, 0.05) is 25.4 Å². The maximum atomic E-state index is 13.5. The van der Waals surface area contributed by atoms with Crippen LogP contribution in [0, 0.1) is 6.92 Å². The van der Waals surface area contributed by atoms with Crippen molar-refractivity contribution >= 4 is 29.3 Å². The van der Waals surface area contributed by atoms with Crippen molar-refractivity contribution in [3.8, 4) is 5.75 Å². The third-order valence-electron chi connectivity index (χ3n) is 6.23. The van der Waals surface area contributed by atoms with Crippen molar-refractivity contribution in [2.24, 2.45) is 0 Å². The number of amides is 3. The number of aliphatic hydroxyl groups is 2. The molecule has 3 amide bonds. The van der Waals surface area contributed by atoms with Gasteiger partial charge in [0.2, 0.25) is 5.82 Å². The number of fused-ring (bicyclic) bond motifs is 4. The quantitative estimate of drug-likeness (QED) is 0.411. The highest BCUT2D eigenvalue weighted by atomic mass is 19.4. The molecule has 2 aromatic rings. The van der Waals surface area contributed by atoms with Crippen LogP contribution in [0.4, 0.5) is 35.3 Å². The third kappa shape index (κ3) is 5.88. The molecule has 0 radical (unpaired) electrons. The molecule has 0 spiro atoms. The van der Waals surface area contributed by atoms with Gasteiger partial charge in [0.25, 0.3) is 5.91 Å². The predicted molar refractivity (Wildman–Crippen MR) is 129 cm³/mol. The zero-order valence-electron chi connectivity index (χ0n) is 20.7. The summed E-state index contributed by atoms with van der Waals surface area (Å²) < 4.78 is 44.3. The van der Waals surface area contributed by atoms with Crippen LogP contribution in [0.1, 0.15) is 36.1 Å². The largest absolute Gasteiger partial charge is 0.491 e. The van der Waals surface area contributed by atoms with Crippen molar-refractivity contribution in [3.05, 3.63) is 29.8 Å². The Bertz CT molecular complexity index is 1200. The fourth-order valence-corrected chi connectivity index (χ4v) is 4.32. The number of anilines is 3. The maximum absolute atomic E-state index is 13.5. The van der Waals surface area contributed by atoms with E-state index < -0.39 is 42.7 Å². The SMILES string of the molecule is Cc1nc(C(=O)NC(C)C(F)(F)F)nc2c1N1CCC[C@@H](C1)N2C(=O)Nc1cc(OCC(O)CO)ccn1. The molecule has 2 aliphatic heterocycles. The average Bonchev–Trinajstić information content (AvgIpc) is 2.86. The van der Waals surface area contributed by atoms with Gasteiger partial charge in [0.1, 0.15) is 36.0 Å². The number of halogens is 3. The summed E-state index contributed by atoms with van der Waals surface area (Å²) in [5, 5.41) is 23.0. The van der Waals surface area contributed by atoms with Gasteiger partial charge in [-0.25, -0.2) is 19.7 Å². The van der Waals surface area contributed by atoms with Gasteiger partial charge in [-0.1, -0.05) is 0 Å². The number of aromatic nitrogens is 3. The van der Waals surface area contributed by atoms with Crippen LogP contribution >= 0.6 is 0 Å². The van der Waals surface area contributed by atoms with Gasteiger partial charge in [0.15, 0.2) is 5.82 Å². The van der Waals surface area contributed by atoms with Crippen LogP contribution in [-0.4, -0.2) is 87.8 Å². The number of hydrogen-bond acceptors (Lipinski definition) is 9. The van der Waals surface area contributed by atoms with Gasteiger partial charge in [0.05, 0.1) is 18.3 Å². The molecule has 2 aromatic heterocycles. The summed E-state index contributed by atoms with van der Waals surface area (Å²) in [6, 6.07) is -0.0849. The number of nitrogens with zero attached hydrogens (tertiary/aromatic N) is 5. The van der Waals surface area contributed by atoms with Crippen molar-refractivity contribution < 1.29 is 37.7 Å². The Morgan fingerprint density at radius 3 is 2.79 bits per heavy atom. The molecule has 38 heavy (non-hydrogen) atoms. The van der Waals surface area contributed by atoms with E-state index in [9.17, 15) is 27.9 Å². The van der Waals surface area contributed by atoms with Crippen LogP contribution in [0.15, 0.2) is 18.3 Å². The van der Waals surface area contributed by atoms with Gasteiger partial charge in [-0.05, 0) is 32.8 Å². The normalized spacial score (nSPS) is 18.3. The number of alkyl halides is 3. The highest BCUT2D eigenvalue weighted by molar-refractivity contribution is 6.04. The summed E-state index contributed by atoms with van der Waals surface area (Å²) >= 11 is 0. The molecule has 0 aromatic carbocycles. The summed E-state index contributed by atoms with van der Waals surface area (Å²) in [5.41, 5.74) is 0.883. The number of aryl methyl sites for hydroxylation is 1. The molecule has 4 rings (SSSR count). The molecule has 0 saturated carbocycles. The van der Waals surface area contributed by atoms with E-state index in [1.165, 1.54) is 23.2 Å². The molecular weight excluding hydrogens is 511 g/mol. The molecule has 2 aliphatic rings. The first-order valence-corrected chi connectivity index (χ1v) is 12.0. The Morgan fingerprint density at radius 1 is 1.32 bits per heavy atom. The zero-order valence-corrected chi connectivity index (χ0v) is 20.7. The van der Waals surface area contributed by atoms with Crippen molar-refractivity contribution in [3.63, 3.8) is 0 Å². The highest BCUT2D eigenvalue weighted by Gasteiger charge is 2.41. The Balaban J connectivity index is 1.62. The molecule has 3 atom stereocenters. The number of hydrogen-bond donors (Lipinski definition) is 4. The van der Waals surface area contributed by atoms with Crippen LogP contribution in [0.2, 0.25) is 0 Å². The molecule has 2 bridgehead atoms. The van der Waals surface area contributed by atoms with Crippen molar-refractivity contribution in [2.75, 3.05) is 41.4 Å². The second kappa shape index (κ2) is 10.9. The number of pyridine rings is 1. The van der Waals surface area contributed by atoms with Crippen LogP contribution in [0.5, 0.6) is 5.75 Å². The number of nitrogens with one attached hydrogen (secondary N) is 2. The van der Waals surface area contributed by atoms with E-state index in [1.54, 1.807) is 6.92 Å². The number of piperidine rings is 1. The Morgan fingerprint density at radius 2 is 2.08 bits per heavy atom. The Kier molecular flexibility index (Phi) is 7.87. The number of carbonyl (C=O) groups is 2. The van der Waals surface area contributed by atoms with Crippen LogP contribution in [0.3, 0.4) is 0 Å². The predicted octanol–water partition coefficient (Wildman–Crippen LogP) is 1.61. The van der Waals surface area contributed by atoms with Crippen LogP contribution in [-0.2, 0) is 0 Å². The first-order valence-electron chi connectivity index (χ1n) is 12.0. The molecule has 2 unspecified atom stereocenters. The molecule has 1 saturated heterocycles. The fourth-order valence-electron chi connectivity index (χ4n) is 4.32. The summed E-state index contributed by atoms with van der Waals surface area (Å²) in [6.07, 6.45) is -2.90. The molecule has 4 N–H and O–H groups in total. The second-order valence-corrected chi connectivity index (χ2v) is 9.11. The average molecular weight is 540 g/mol. The van der Waals surface area contributed by atoms with E-state index in [-0.39, 0.29) is 24.3 Å². The topological polar surface area (TPSA) is 153 Å². The lowest BCUT2D eigenvalue weighted by atomic mass is 9.99. The zero-order chi connectivity index (χ0) is 27.6. The van der Waals surface area contributed by atoms with Gasteiger partial charge < -0.3 is 25.2 Å². The first-order chi connectivity index (χ1) is 18.0. The number of carbonyl (C=O) groups excluding carboxylic acids is 2. The number of rotatable bonds is 7. The lowest BCUT2D eigenvalue weighted by molar-refractivity contribution is -0.149. The Labute approximate surface area is 215 Å². The van der Waals surface area contributed by atoms with Crippen molar-refractivity contribution in [1.29, 1.82) is 0 Å². The molecule has 15 heteroatoms. The van der Waals surface area contributed by atoms with Crippen LogP contribution < -0.4 is 25.2 Å².